The average Bonchev–Trinajstić information content (AvgIpc) is 2.99. The molecule has 2 nitrogen and oxygen atoms in total. The summed E-state index contributed by atoms with van der Waals surface area (Å²) in [6.45, 7) is 4.80. The lowest BCUT2D eigenvalue weighted by atomic mass is 10.1. The quantitative estimate of drug-likeness (QED) is 0.819. The molecule has 0 aromatic heterocycles. The molecule has 1 saturated carbocycles. The van der Waals surface area contributed by atoms with Gasteiger partial charge in [0.25, 0.3) is 0 Å². The molecule has 0 amide bonds. The Morgan fingerprint density at radius 1 is 1.33 bits per heavy atom. The Hall–Kier alpha value is -1.02. The van der Waals surface area contributed by atoms with Crippen LogP contribution in [0.3, 0.4) is 0 Å². The third-order valence-corrected chi connectivity index (χ3v) is 3.06. The summed E-state index contributed by atoms with van der Waals surface area (Å²) in [5.41, 5.74) is 8.39. The maximum Gasteiger partial charge on any atom is 0.125 e. The van der Waals surface area contributed by atoms with Gasteiger partial charge in [-0.25, -0.2) is 0 Å². The molecule has 2 rings (SSSR count). The Labute approximate surface area is 91.4 Å². The van der Waals surface area contributed by atoms with E-state index in [9.17, 15) is 0 Å². The first kappa shape index (κ1) is 10.5. The van der Waals surface area contributed by atoms with Crippen molar-refractivity contribution < 1.29 is 4.74 Å². The summed E-state index contributed by atoms with van der Waals surface area (Å²) in [5.74, 6) is 1.71. The SMILES string of the molecule is Cc1cccc(C)c1OC[C@@H](N)C1CC1. The summed E-state index contributed by atoms with van der Waals surface area (Å²) in [4.78, 5) is 0. The minimum absolute atomic E-state index is 0.212. The van der Waals surface area contributed by atoms with Crippen molar-refractivity contribution in [1.29, 1.82) is 0 Å². The van der Waals surface area contributed by atoms with Gasteiger partial charge < -0.3 is 10.5 Å². The highest BCUT2D eigenvalue weighted by Crippen LogP contribution is 2.32. The largest absolute Gasteiger partial charge is 0.491 e. The van der Waals surface area contributed by atoms with Gasteiger partial charge in [-0.2, -0.15) is 0 Å². The molecule has 1 aromatic rings. The Morgan fingerprint density at radius 2 is 1.93 bits per heavy atom. The standard InChI is InChI=1S/C13H19NO/c1-9-4-3-5-10(2)13(9)15-8-12(14)11-6-7-11/h3-5,11-12H,6-8,14H2,1-2H3/t12-/m1/s1. The van der Waals surface area contributed by atoms with Crippen LogP contribution in [0.15, 0.2) is 18.2 Å². The molecule has 1 aliphatic rings. The van der Waals surface area contributed by atoms with Crippen LogP contribution in [0.5, 0.6) is 5.75 Å². The molecule has 0 heterocycles. The molecule has 82 valence electrons. The van der Waals surface area contributed by atoms with E-state index in [1.54, 1.807) is 0 Å². The fraction of sp³-hybridized carbons (Fsp3) is 0.538. The number of benzene rings is 1. The van der Waals surface area contributed by atoms with Gasteiger partial charge in [0.2, 0.25) is 0 Å². The molecular formula is C13H19NO. The molecule has 0 saturated heterocycles. The summed E-state index contributed by atoms with van der Waals surface area (Å²) in [7, 11) is 0. The van der Waals surface area contributed by atoms with Crippen molar-refractivity contribution in [3.63, 3.8) is 0 Å². The van der Waals surface area contributed by atoms with Crippen molar-refractivity contribution in [2.75, 3.05) is 6.61 Å². The fourth-order valence-corrected chi connectivity index (χ4v) is 1.87. The molecule has 0 radical (unpaired) electrons. The van der Waals surface area contributed by atoms with Gasteiger partial charge in [0, 0.05) is 6.04 Å². The first-order valence-electron chi connectivity index (χ1n) is 5.63. The Kier molecular flexibility index (Phi) is 2.96. The van der Waals surface area contributed by atoms with Gasteiger partial charge >= 0.3 is 0 Å². The van der Waals surface area contributed by atoms with Crippen LogP contribution in [0, 0.1) is 19.8 Å². The molecule has 2 heteroatoms. The van der Waals surface area contributed by atoms with Crippen molar-refractivity contribution >= 4 is 0 Å². The fourth-order valence-electron chi connectivity index (χ4n) is 1.87. The van der Waals surface area contributed by atoms with E-state index < -0.39 is 0 Å². The van der Waals surface area contributed by atoms with Crippen molar-refractivity contribution in [2.45, 2.75) is 32.7 Å². The molecule has 2 N–H and O–H groups in total. The molecule has 0 unspecified atom stereocenters. The van der Waals surface area contributed by atoms with Crippen LogP contribution < -0.4 is 10.5 Å². The normalized spacial score (nSPS) is 17.5. The van der Waals surface area contributed by atoms with Crippen LogP contribution >= 0.6 is 0 Å². The highest BCUT2D eigenvalue weighted by atomic mass is 16.5. The van der Waals surface area contributed by atoms with Gasteiger partial charge in [-0.05, 0) is 43.7 Å². The van der Waals surface area contributed by atoms with Gasteiger partial charge in [-0.15, -0.1) is 0 Å². The second-order valence-electron chi connectivity index (χ2n) is 4.53. The number of para-hydroxylation sites is 1. The van der Waals surface area contributed by atoms with Crippen LogP contribution in [0.1, 0.15) is 24.0 Å². The second kappa shape index (κ2) is 4.23. The number of rotatable bonds is 4. The summed E-state index contributed by atoms with van der Waals surface area (Å²) >= 11 is 0. The summed E-state index contributed by atoms with van der Waals surface area (Å²) in [5, 5.41) is 0. The van der Waals surface area contributed by atoms with Crippen molar-refractivity contribution in [3.05, 3.63) is 29.3 Å². The van der Waals surface area contributed by atoms with Crippen LogP contribution in [0.2, 0.25) is 0 Å². The maximum atomic E-state index is 6.00. The van der Waals surface area contributed by atoms with Crippen LogP contribution in [0.4, 0.5) is 0 Å². The van der Waals surface area contributed by atoms with Gasteiger partial charge in [-0.1, -0.05) is 18.2 Å². The maximum absolute atomic E-state index is 6.00. The lowest BCUT2D eigenvalue weighted by Crippen LogP contribution is -2.30. The number of hydrogen-bond donors (Lipinski definition) is 1. The van der Waals surface area contributed by atoms with E-state index in [1.807, 2.05) is 0 Å². The third kappa shape index (κ3) is 2.51. The summed E-state index contributed by atoms with van der Waals surface area (Å²) < 4.78 is 5.81. The van der Waals surface area contributed by atoms with E-state index in [1.165, 1.54) is 24.0 Å². The number of aryl methyl sites for hydroxylation is 2. The van der Waals surface area contributed by atoms with Crippen LogP contribution in [0.25, 0.3) is 0 Å². The van der Waals surface area contributed by atoms with E-state index >= 15 is 0 Å². The lowest BCUT2D eigenvalue weighted by Gasteiger charge is -2.15. The molecular weight excluding hydrogens is 186 g/mol. The zero-order valence-electron chi connectivity index (χ0n) is 9.49. The monoisotopic (exact) mass is 205 g/mol. The van der Waals surface area contributed by atoms with Crippen molar-refractivity contribution in [1.82, 2.24) is 0 Å². The van der Waals surface area contributed by atoms with Gasteiger partial charge in [-0.3, -0.25) is 0 Å². The average molecular weight is 205 g/mol. The predicted molar refractivity (Wildman–Crippen MR) is 62.1 cm³/mol. The molecule has 1 aromatic carbocycles. The number of ether oxygens (including phenoxy) is 1. The summed E-state index contributed by atoms with van der Waals surface area (Å²) in [6.07, 6.45) is 2.55. The topological polar surface area (TPSA) is 35.2 Å². The molecule has 0 spiro atoms. The zero-order valence-corrected chi connectivity index (χ0v) is 9.49. The number of hydrogen-bond acceptors (Lipinski definition) is 2. The van der Waals surface area contributed by atoms with E-state index in [2.05, 4.69) is 32.0 Å². The van der Waals surface area contributed by atoms with Crippen LogP contribution in [-0.2, 0) is 0 Å². The van der Waals surface area contributed by atoms with Gasteiger partial charge in [0.1, 0.15) is 12.4 Å². The molecule has 1 aliphatic carbocycles. The second-order valence-corrected chi connectivity index (χ2v) is 4.53. The number of nitrogens with two attached hydrogens (primary N) is 1. The van der Waals surface area contributed by atoms with Crippen molar-refractivity contribution in [3.8, 4) is 5.75 Å². The minimum atomic E-state index is 0.212. The Bertz CT molecular complexity index is 324. The third-order valence-electron chi connectivity index (χ3n) is 3.06. The Balaban J connectivity index is 1.97. The van der Waals surface area contributed by atoms with Gasteiger partial charge in [0.05, 0.1) is 0 Å². The molecule has 0 aliphatic heterocycles. The van der Waals surface area contributed by atoms with Crippen LogP contribution in [-0.4, -0.2) is 12.6 Å². The van der Waals surface area contributed by atoms with E-state index in [0.717, 1.165) is 5.75 Å². The lowest BCUT2D eigenvalue weighted by molar-refractivity contribution is 0.273. The minimum Gasteiger partial charge on any atom is -0.491 e. The molecule has 1 fully saturated rings. The highest BCUT2D eigenvalue weighted by molar-refractivity contribution is 5.39. The highest BCUT2D eigenvalue weighted by Gasteiger charge is 2.28. The first-order valence-corrected chi connectivity index (χ1v) is 5.63. The zero-order chi connectivity index (χ0) is 10.8. The van der Waals surface area contributed by atoms with E-state index in [4.69, 9.17) is 10.5 Å². The van der Waals surface area contributed by atoms with E-state index in [-0.39, 0.29) is 6.04 Å². The smallest absolute Gasteiger partial charge is 0.125 e. The van der Waals surface area contributed by atoms with E-state index in [0.29, 0.717) is 12.5 Å². The first-order chi connectivity index (χ1) is 7.18. The predicted octanol–water partition coefficient (Wildman–Crippen LogP) is 2.42. The Morgan fingerprint density at radius 3 is 2.47 bits per heavy atom. The summed E-state index contributed by atoms with van der Waals surface area (Å²) in [6, 6.07) is 6.41. The molecule has 15 heavy (non-hydrogen) atoms. The molecule has 0 bridgehead atoms. The molecule has 1 atom stereocenters. The van der Waals surface area contributed by atoms with Gasteiger partial charge in [0.15, 0.2) is 0 Å². The van der Waals surface area contributed by atoms with Crippen molar-refractivity contribution in [2.24, 2.45) is 11.7 Å².